The summed E-state index contributed by atoms with van der Waals surface area (Å²) in [6.07, 6.45) is 5.31. The number of anilines is 2. The van der Waals surface area contributed by atoms with Gasteiger partial charge in [0.1, 0.15) is 18.0 Å². The first kappa shape index (κ1) is 21.5. The molecule has 1 saturated heterocycles. The molecular formula is C22H26ClFN6O. The van der Waals surface area contributed by atoms with Gasteiger partial charge in [-0.15, -0.1) is 0 Å². The van der Waals surface area contributed by atoms with Gasteiger partial charge in [0.25, 0.3) is 0 Å². The smallest absolute Gasteiger partial charge is 0.160 e. The minimum absolute atomic E-state index is 0.123. The Morgan fingerprint density at radius 1 is 1.39 bits per heavy atom. The fraction of sp³-hybridized carbons (Fsp3) is 0.455. The van der Waals surface area contributed by atoms with Crippen LogP contribution in [0.5, 0.6) is 0 Å². The van der Waals surface area contributed by atoms with Crippen LogP contribution in [-0.2, 0) is 4.79 Å². The quantitative estimate of drug-likeness (QED) is 0.559. The molecule has 9 heteroatoms. The van der Waals surface area contributed by atoms with Crippen molar-refractivity contribution in [2.45, 2.75) is 39.2 Å². The number of nitrogens with zero attached hydrogens (tertiary/aromatic N) is 4. The molecule has 0 amide bonds. The minimum Gasteiger partial charge on any atom is -0.375 e. The maximum atomic E-state index is 13.7. The molecular weight excluding hydrogens is 419 g/mol. The topological polar surface area (TPSA) is 86.8 Å². The van der Waals surface area contributed by atoms with E-state index < -0.39 is 5.82 Å². The number of rotatable bonds is 7. The summed E-state index contributed by atoms with van der Waals surface area (Å²) in [5.74, 6) is 1.16. The predicted molar refractivity (Wildman–Crippen MR) is 120 cm³/mol. The zero-order valence-corrected chi connectivity index (χ0v) is 18.4. The third-order valence-electron chi connectivity index (χ3n) is 6.10. The van der Waals surface area contributed by atoms with E-state index in [0.717, 1.165) is 30.7 Å². The van der Waals surface area contributed by atoms with Crippen LogP contribution >= 0.6 is 11.6 Å². The average molecular weight is 445 g/mol. The standard InChI is InChI=1S/C22H26ClFN6O/c1-3-19(28-17-8-15(23)7-16(24)9-17)20(31)6-14-11-30(5-4-13(14)2)22-18-10-27-29-21(18)25-12-26-22/h7-10,12-14,19,28H,3-6,11H2,1-2H3,(H,25,26,27,29)/t13-,14-,19+/m0/s1. The highest BCUT2D eigenvalue weighted by Crippen LogP contribution is 2.32. The zero-order valence-electron chi connectivity index (χ0n) is 17.6. The van der Waals surface area contributed by atoms with E-state index in [-0.39, 0.29) is 17.7 Å². The largest absolute Gasteiger partial charge is 0.375 e. The Morgan fingerprint density at radius 2 is 2.23 bits per heavy atom. The molecule has 1 aliphatic rings. The number of piperidine rings is 1. The van der Waals surface area contributed by atoms with Gasteiger partial charge in [-0.1, -0.05) is 25.4 Å². The summed E-state index contributed by atoms with van der Waals surface area (Å²) in [5, 5.41) is 11.3. The van der Waals surface area contributed by atoms with Crippen LogP contribution in [0.1, 0.15) is 33.1 Å². The van der Waals surface area contributed by atoms with Gasteiger partial charge >= 0.3 is 0 Å². The van der Waals surface area contributed by atoms with Crippen molar-refractivity contribution >= 4 is 39.9 Å². The molecule has 0 bridgehead atoms. The number of nitrogens with one attached hydrogen (secondary N) is 2. The Balaban J connectivity index is 1.46. The van der Waals surface area contributed by atoms with Gasteiger partial charge in [-0.3, -0.25) is 9.89 Å². The SMILES string of the molecule is CC[C@@H](Nc1cc(F)cc(Cl)c1)C(=O)C[C@H]1CN(c2ncnc3[nH]ncc23)CC[C@@H]1C. The van der Waals surface area contributed by atoms with Crippen molar-refractivity contribution < 1.29 is 9.18 Å². The second-order valence-electron chi connectivity index (χ2n) is 8.24. The van der Waals surface area contributed by atoms with Crippen LogP contribution in [0, 0.1) is 17.7 Å². The van der Waals surface area contributed by atoms with E-state index in [1.54, 1.807) is 12.3 Å². The highest BCUT2D eigenvalue weighted by Gasteiger charge is 2.31. The van der Waals surface area contributed by atoms with E-state index in [2.05, 4.69) is 37.3 Å². The molecule has 0 unspecified atom stereocenters. The van der Waals surface area contributed by atoms with Crippen LogP contribution in [0.4, 0.5) is 15.9 Å². The van der Waals surface area contributed by atoms with Crippen molar-refractivity contribution in [3.63, 3.8) is 0 Å². The number of aromatic amines is 1. The first-order chi connectivity index (χ1) is 14.9. The number of carbonyl (C=O) groups excluding carboxylic acids is 1. The van der Waals surface area contributed by atoms with Crippen LogP contribution in [0.2, 0.25) is 5.02 Å². The Bertz CT molecular complexity index is 1050. The fourth-order valence-electron chi connectivity index (χ4n) is 4.26. The number of hydrogen-bond acceptors (Lipinski definition) is 6. The number of halogens is 2. The van der Waals surface area contributed by atoms with Gasteiger partial charge < -0.3 is 10.2 Å². The van der Waals surface area contributed by atoms with Crippen LogP contribution < -0.4 is 10.2 Å². The summed E-state index contributed by atoms with van der Waals surface area (Å²) in [6, 6.07) is 3.85. The summed E-state index contributed by atoms with van der Waals surface area (Å²) < 4.78 is 13.7. The summed E-state index contributed by atoms with van der Waals surface area (Å²) in [5.41, 5.74) is 1.23. The lowest BCUT2D eigenvalue weighted by Gasteiger charge is -2.38. The number of carbonyl (C=O) groups is 1. The number of Topliss-reactive ketones (excluding diaryl/α,β-unsaturated/α-hetero) is 1. The second kappa shape index (κ2) is 9.18. The van der Waals surface area contributed by atoms with E-state index in [1.165, 1.54) is 18.5 Å². The third kappa shape index (κ3) is 4.79. The first-order valence-corrected chi connectivity index (χ1v) is 11.0. The predicted octanol–water partition coefficient (Wildman–Crippen LogP) is 4.46. The summed E-state index contributed by atoms with van der Waals surface area (Å²) in [7, 11) is 0. The van der Waals surface area contributed by atoms with Gasteiger partial charge in [0.2, 0.25) is 0 Å². The Kier molecular flexibility index (Phi) is 6.36. The molecule has 0 spiro atoms. The van der Waals surface area contributed by atoms with Crippen molar-refractivity contribution in [3.05, 3.63) is 41.6 Å². The highest BCUT2D eigenvalue weighted by molar-refractivity contribution is 6.30. The summed E-state index contributed by atoms with van der Waals surface area (Å²) >= 11 is 5.95. The van der Waals surface area contributed by atoms with Gasteiger partial charge in [-0.25, -0.2) is 14.4 Å². The number of ketones is 1. The van der Waals surface area contributed by atoms with Gasteiger partial charge in [-0.2, -0.15) is 5.10 Å². The Labute approximate surface area is 185 Å². The molecule has 1 aliphatic heterocycles. The molecule has 31 heavy (non-hydrogen) atoms. The minimum atomic E-state index is -0.427. The molecule has 0 saturated carbocycles. The Hall–Kier alpha value is -2.74. The lowest BCUT2D eigenvalue weighted by Crippen LogP contribution is -2.42. The second-order valence-corrected chi connectivity index (χ2v) is 8.67. The van der Waals surface area contributed by atoms with Crippen LogP contribution in [0.25, 0.3) is 11.0 Å². The molecule has 0 aliphatic carbocycles. The summed E-state index contributed by atoms with van der Waals surface area (Å²) in [4.78, 5) is 24.0. The maximum Gasteiger partial charge on any atom is 0.160 e. The van der Waals surface area contributed by atoms with Gasteiger partial charge in [-0.05, 0) is 42.9 Å². The van der Waals surface area contributed by atoms with Crippen LogP contribution in [0.15, 0.2) is 30.7 Å². The average Bonchev–Trinajstić information content (AvgIpc) is 3.22. The number of aromatic nitrogens is 4. The van der Waals surface area contributed by atoms with E-state index in [9.17, 15) is 9.18 Å². The number of H-pyrrole nitrogens is 1. The molecule has 164 valence electrons. The fourth-order valence-corrected chi connectivity index (χ4v) is 4.48. The molecule has 2 N–H and O–H groups in total. The molecule has 7 nitrogen and oxygen atoms in total. The van der Waals surface area contributed by atoms with Crippen molar-refractivity contribution in [3.8, 4) is 0 Å². The van der Waals surface area contributed by atoms with Gasteiger partial charge in [0.05, 0.1) is 17.6 Å². The molecule has 1 fully saturated rings. The molecule has 3 atom stereocenters. The van der Waals surface area contributed by atoms with Crippen molar-refractivity contribution in [2.24, 2.45) is 11.8 Å². The summed E-state index contributed by atoms with van der Waals surface area (Å²) in [6.45, 7) is 5.76. The van der Waals surface area contributed by atoms with E-state index in [4.69, 9.17) is 11.6 Å². The first-order valence-electron chi connectivity index (χ1n) is 10.6. The molecule has 4 rings (SSSR count). The van der Waals surface area contributed by atoms with E-state index in [1.807, 2.05) is 6.92 Å². The van der Waals surface area contributed by atoms with Crippen LogP contribution in [-0.4, -0.2) is 45.1 Å². The van der Waals surface area contributed by atoms with Crippen molar-refractivity contribution in [1.82, 2.24) is 20.2 Å². The lowest BCUT2D eigenvalue weighted by molar-refractivity contribution is -0.121. The molecule has 0 radical (unpaired) electrons. The number of fused-ring (bicyclic) bond motifs is 1. The lowest BCUT2D eigenvalue weighted by atomic mass is 9.82. The van der Waals surface area contributed by atoms with E-state index in [0.29, 0.717) is 35.1 Å². The van der Waals surface area contributed by atoms with E-state index >= 15 is 0 Å². The van der Waals surface area contributed by atoms with Crippen molar-refractivity contribution in [1.29, 1.82) is 0 Å². The number of hydrogen-bond donors (Lipinski definition) is 2. The molecule has 3 aromatic rings. The molecule has 2 aromatic heterocycles. The molecule has 3 heterocycles. The van der Waals surface area contributed by atoms with Gasteiger partial charge in [0, 0.05) is 30.2 Å². The third-order valence-corrected chi connectivity index (χ3v) is 6.32. The maximum absolute atomic E-state index is 13.7. The Morgan fingerprint density at radius 3 is 3.00 bits per heavy atom. The normalized spacial score (nSPS) is 20.1. The highest BCUT2D eigenvalue weighted by atomic mass is 35.5. The van der Waals surface area contributed by atoms with Crippen molar-refractivity contribution in [2.75, 3.05) is 23.3 Å². The number of benzene rings is 1. The molecule has 1 aromatic carbocycles. The van der Waals surface area contributed by atoms with Crippen LogP contribution in [0.3, 0.4) is 0 Å². The van der Waals surface area contributed by atoms with Gasteiger partial charge in [0.15, 0.2) is 11.4 Å². The monoisotopic (exact) mass is 444 g/mol. The zero-order chi connectivity index (χ0) is 22.0.